The fourth-order valence-electron chi connectivity index (χ4n) is 4.79. The van der Waals surface area contributed by atoms with Gasteiger partial charge in [0.05, 0.1) is 50.8 Å². The molecule has 0 radical (unpaired) electrons. The number of hydrogen-bond donors (Lipinski definition) is 0. The molecule has 2 heterocycles. The van der Waals surface area contributed by atoms with Crippen LogP contribution in [0.25, 0.3) is 0 Å². The van der Waals surface area contributed by atoms with Gasteiger partial charge in [0.2, 0.25) is 0 Å². The fraction of sp³-hybridized carbons (Fsp3) is 0.389. The maximum absolute atomic E-state index is 12.8. The van der Waals surface area contributed by atoms with Crippen LogP contribution in [0.15, 0.2) is 73.8 Å². The van der Waals surface area contributed by atoms with Crippen LogP contribution in [-0.4, -0.2) is 100 Å². The normalized spacial score (nSPS) is 18.5. The summed E-state index contributed by atoms with van der Waals surface area (Å²) in [6.07, 6.45) is -0.714. The van der Waals surface area contributed by atoms with E-state index in [-0.39, 0.29) is 62.3 Å². The van der Waals surface area contributed by atoms with Crippen LogP contribution in [0.1, 0.15) is 46.4 Å². The van der Waals surface area contributed by atoms with Gasteiger partial charge in [0.1, 0.15) is 23.7 Å². The zero-order chi connectivity index (χ0) is 37.3. The molecule has 0 amide bonds. The summed E-state index contributed by atoms with van der Waals surface area (Å²) in [4.78, 5) is 71.5. The summed E-state index contributed by atoms with van der Waals surface area (Å²) in [5.41, 5.74) is 0.368. The average molecular weight is 727 g/mol. The highest BCUT2D eigenvalue weighted by molar-refractivity contribution is 5.90. The summed E-state index contributed by atoms with van der Waals surface area (Å²) >= 11 is 0. The molecule has 16 heteroatoms. The molecule has 0 aromatic heterocycles. The van der Waals surface area contributed by atoms with E-state index >= 15 is 0 Å². The van der Waals surface area contributed by atoms with Crippen LogP contribution < -0.4 is 9.47 Å². The SMILES string of the molecule is C=CC(=O)OCCCCOC(=O)Oc1ccc(C(=O)O[C@H]2CO[C@H]3[C@@H]2OC[C@H]3OC(=O)c2ccc(OC(=O)OCCCCOC(=O)C=C)cc2)cc1. The minimum atomic E-state index is -0.930. The van der Waals surface area contributed by atoms with Gasteiger partial charge in [-0.05, 0) is 74.2 Å². The summed E-state index contributed by atoms with van der Waals surface area (Å²) in [6, 6.07) is 11.3. The Hall–Kier alpha value is -5.74. The zero-order valence-corrected chi connectivity index (χ0v) is 28.1. The van der Waals surface area contributed by atoms with Crippen LogP contribution in [0.5, 0.6) is 11.5 Å². The lowest BCUT2D eigenvalue weighted by atomic mass is 10.1. The van der Waals surface area contributed by atoms with Crippen molar-refractivity contribution in [3.63, 3.8) is 0 Å². The predicted octanol–water partition coefficient (Wildman–Crippen LogP) is 4.28. The average Bonchev–Trinajstić information content (AvgIpc) is 3.74. The molecule has 2 aromatic rings. The number of rotatable bonds is 18. The van der Waals surface area contributed by atoms with E-state index in [1.165, 1.54) is 48.5 Å². The van der Waals surface area contributed by atoms with Crippen LogP contribution in [-0.2, 0) is 47.5 Å². The maximum Gasteiger partial charge on any atom is 0.513 e. The standard InChI is InChI=1S/C36H38O16/c1-3-29(37)43-17-5-7-19-45-35(41)49-25-13-9-23(10-14-25)33(39)51-27-21-47-32-28(22-48-31(27)32)52-34(40)24-11-15-26(16-12-24)50-36(42)46-20-8-6-18-44-30(38)4-2/h3-4,9-16,27-28,31-32H,1-2,5-8,17-22H2/t27-,28+,31-,32-/m1/s1. The molecule has 16 nitrogen and oxygen atoms in total. The number of hydrogen-bond acceptors (Lipinski definition) is 16. The van der Waals surface area contributed by atoms with Crippen LogP contribution >= 0.6 is 0 Å². The Bertz CT molecular complexity index is 1450. The van der Waals surface area contributed by atoms with Crippen LogP contribution in [0.3, 0.4) is 0 Å². The number of carbonyl (C=O) groups excluding carboxylic acids is 6. The lowest BCUT2D eigenvalue weighted by Crippen LogP contribution is -2.36. The first-order valence-corrected chi connectivity index (χ1v) is 16.3. The molecule has 0 bridgehead atoms. The van der Waals surface area contributed by atoms with E-state index in [9.17, 15) is 28.8 Å². The second-order valence-electron chi connectivity index (χ2n) is 11.1. The van der Waals surface area contributed by atoms with Crippen molar-refractivity contribution in [2.75, 3.05) is 39.6 Å². The smallest absolute Gasteiger partial charge is 0.463 e. The van der Waals surface area contributed by atoms with E-state index in [1.54, 1.807) is 0 Å². The highest BCUT2D eigenvalue weighted by atomic mass is 16.7. The first-order chi connectivity index (χ1) is 25.2. The minimum absolute atomic E-state index is 0.0176. The number of fused-ring (bicyclic) bond motifs is 1. The van der Waals surface area contributed by atoms with Crippen molar-refractivity contribution in [1.82, 2.24) is 0 Å². The Morgan fingerprint density at radius 2 is 0.904 bits per heavy atom. The Morgan fingerprint density at radius 1 is 0.558 bits per heavy atom. The van der Waals surface area contributed by atoms with Crippen molar-refractivity contribution < 1.29 is 76.1 Å². The van der Waals surface area contributed by atoms with Gasteiger partial charge in [0, 0.05) is 12.2 Å². The highest BCUT2D eigenvalue weighted by Crippen LogP contribution is 2.32. The monoisotopic (exact) mass is 726 g/mol. The van der Waals surface area contributed by atoms with Crippen molar-refractivity contribution in [1.29, 1.82) is 0 Å². The minimum Gasteiger partial charge on any atom is -0.463 e. The summed E-state index contributed by atoms with van der Waals surface area (Å²) in [7, 11) is 0. The van der Waals surface area contributed by atoms with Crippen molar-refractivity contribution >= 4 is 36.2 Å². The van der Waals surface area contributed by atoms with Gasteiger partial charge < -0.3 is 47.4 Å². The molecule has 0 spiro atoms. The lowest BCUT2D eigenvalue weighted by Gasteiger charge is -2.17. The summed E-state index contributed by atoms with van der Waals surface area (Å²) in [6.45, 7) is 7.10. The maximum atomic E-state index is 12.8. The first kappa shape index (κ1) is 39.1. The molecule has 2 aliphatic rings. The molecule has 4 atom stereocenters. The third kappa shape index (κ3) is 12.2. The quantitative estimate of drug-likeness (QED) is 0.0693. The molecule has 4 rings (SSSR count). The molecule has 2 aliphatic heterocycles. The number of unbranched alkanes of at least 4 members (excludes halogenated alkanes) is 2. The van der Waals surface area contributed by atoms with Crippen molar-refractivity contribution in [2.45, 2.75) is 50.1 Å². The van der Waals surface area contributed by atoms with Gasteiger partial charge in [0.25, 0.3) is 0 Å². The fourth-order valence-corrected chi connectivity index (χ4v) is 4.79. The number of ether oxygens (including phenoxy) is 10. The van der Waals surface area contributed by atoms with E-state index in [0.717, 1.165) is 12.2 Å². The number of carbonyl (C=O) groups is 6. The molecule has 0 saturated carbocycles. The van der Waals surface area contributed by atoms with Gasteiger partial charge >= 0.3 is 36.2 Å². The topological polar surface area (TPSA) is 195 Å². The molecule has 278 valence electrons. The van der Waals surface area contributed by atoms with Crippen LogP contribution in [0.2, 0.25) is 0 Å². The van der Waals surface area contributed by atoms with Gasteiger partial charge in [-0.1, -0.05) is 13.2 Å². The van der Waals surface area contributed by atoms with Gasteiger partial charge in [0.15, 0.2) is 12.2 Å². The molecule has 2 fully saturated rings. The predicted molar refractivity (Wildman–Crippen MR) is 176 cm³/mol. The van der Waals surface area contributed by atoms with Gasteiger partial charge in [-0.15, -0.1) is 0 Å². The third-order valence-corrected chi connectivity index (χ3v) is 7.40. The lowest BCUT2D eigenvalue weighted by molar-refractivity contribution is -0.138. The molecular formula is C36H38O16. The Kier molecular flexibility index (Phi) is 15.2. The molecule has 2 aromatic carbocycles. The Balaban J connectivity index is 1.14. The second-order valence-corrected chi connectivity index (χ2v) is 11.1. The summed E-state index contributed by atoms with van der Waals surface area (Å²) in [5.74, 6) is -2.09. The third-order valence-electron chi connectivity index (χ3n) is 7.40. The molecule has 52 heavy (non-hydrogen) atoms. The summed E-state index contributed by atoms with van der Waals surface area (Å²) < 4.78 is 52.6. The molecule has 0 unspecified atom stereocenters. The van der Waals surface area contributed by atoms with Crippen molar-refractivity contribution in [2.24, 2.45) is 0 Å². The van der Waals surface area contributed by atoms with Gasteiger partial charge in [-0.3, -0.25) is 0 Å². The van der Waals surface area contributed by atoms with E-state index in [1.807, 2.05) is 0 Å². The van der Waals surface area contributed by atoms with Gasteiger partial charge in [-0.25, -0.2) is 28.8 Å². The number of benzene rings is 2. The molecule has 2 saturated heterocycles. The van der Waals surface area contributed by atoms with Crippen LogP contribution in [0, 0.1) is 0 Å². The largest absolute Gasteiger partial charge is 0.513 e. The van der Waals surface area contributed by atoms with E-state index in [2.05, 4.69) is 13.2 Å². The van der Waals surface area contributed by atoms with Crippen LogP contribution in [0.4, 0.5) is 9.59 Å². The first-order valence-electron chi connectivity index (χ1n) is 16.3. The van der Waals surface area contributed by atoms with E-state index in [0.29, 0.717) is 25.7 Å². The highest BCUT2D eigenvalue weighted by Gasteiger charge is 2.51. The molecule has 0 N–H and O–H groups in total. The summed E-state index contributed by atoms with van der Waals surface area (Å²) in [5, 5.41) is 0. The number of esters is 4. The Labute approximate surface area is 298 Å². The Morgan fingerprint density at radius 3 is 1.25 bits per heavy atom. The molecule has 0 aliphatic carbocycles. The second kappa shape index (κ2) is 20.2. The van der Waals surface area contributed by atoms with Gasteiger partial charge in [-0.2, -0.15) is 0 Å². The van der Waals surface area contributed by atoms with Crippen molar-refractivity contribution in [3.05, 3.63) is 85.0 Å². The molecular weight excluding hydrogens is 688 g/mol. The van der Waals surface area contributed by atoms with E-state index < -0.39 is 60.6 Å². The zero-order valence-electron chi connectivity index (χ0n) is 28.1. The van der Waals surface area contributed by atoms with E-state index in [4.69, 9.17) is 47.4 Å². The van der Waals surface area contributed by atoms with Crippen molar-refractivity contribution in [3.8, 4) is 11.5 Å².